The summed E-state index contributed by atoms with van der Waals surface area (Å²) in [6.07, 6.45) is 5.35. The van der Waals surface area contributed by atoms with Gasteiger partial charge in [0.25, 0.3) is 0 Å². The van der Waals surface area contributed by atoms with Crippen molar-refractivity contribution in [3.05, 3.63) is 71.4 Å². The molecule has 0 saturated carbocycles. The van der Waals surface area contributed by atoms with Gasteiger partial charge in [-0.1, -0.05) is 42.5 Å². The van der Waals surface area contributed by atoms with Gasteiger partial charge in [-0.15, -0.1) is 0 Å². The van der Waals surface area contributed by atoms with E-state index in [0.29, 0.717) is 6.04 Å². The van der Waals surface area contributed by atoms with E-state index in [2.05, 4.69) is 34.6 Å². The molecule has 1 aliphatic carbocycles. The molecule has 3 aromatic rings. The zero-order valence-electron chi connectivity index (χ0n) is 14.0. The van der Waals surface area contributed by atoms with Crippen LogP contribution in [-0.4, -0.2) is 16.8 Å². The standard InChI is InChI=1S/C21H22N2O/c1-14(21(24)18-13-22-19-11-5-4-10-17(18)19)23-20-12-6-8-15-7-2-3-9-16(15)20/h2-5,7,9-11,13-14,20,22-23H,6,8,12H2,1H3/p+1/t14-,20+/m1/s1. The van der Waals surface area contributed by atoms with Crippen LogP contribution in [0.3, 0.4) is 0 Å². The molecule has 0 unspecified atom stereocenters. The molecule has 1 aliphatic rings. The van der Waals surface area contributed by atoms with Crippen molar-refractivity contribution in [1.82, 2.24) is 4.98 Å². The van der Waals surface area contributed by atoms with Crippen LogP contribution in [0.5, 0.6) is 0 Å². The molecule has 0 saturated heterocycles. The molecule has 0 aliphatic heterocycles. The normalized spacial score (nSPS) is 18.3. The summed E-state index contributed by atoms with van der Waals surface area (Å²) < 4.78 is 0. The number of Topliss-reactive ketones (excluding diaryl/α,β-unsaturated/α-hetero) is 1. The lowest BCUT2D eigenvalue weighted by Gasteiger charge is -2.25. The molecule has 3 heteroatoms. The van der Waals surface area contributed by atoms with Gasteiger partial charge in [-0.25, -0.2) is 0 Å². The summed E-state index contributed by atoms with van der Waals surface area (Å²) in [7, 11) is 0. The highest BCUT2D eigenvalue weighted by atomic mass is 16.1. The number of aryl methyl sites for hydroxylation is 1. The highest BCUT2D eigenvalue weighted by Crippen LogP contribution is 2.27. The Bertz CT molecular complexity index is 880. The first-order valence-corrected chi connectivity index (χ1v) is 8.77. The summed E-state index contributed by atoms with van der Waals surface area (Å²) in [4.78, 5) is 16.2. The molecule has 24 heavy (non-hydrogen) atoms. The first-order valence-electron chi connectivity index (χ1n) is 8.77. The maximum absolute atomic E-state index is 13.0. The van der Waals surface area contributed by atoms with E-state index >= 15 is 0 Å². The summed E-state index contributed by atoms with van der Waals surface area (Å²) in [5, 5.41) is 3.27. The highest BCUT2D eigenvalue weighted by molar-refractivity contribution is 6.09. The smallest absolute Gasteiger partial charge is 0.221 e. The number of rotatable bonds is 4. The Hall–Kier alpha value is -2.39. The molecule has 2 atom stereocenters. The Morgan fingerprint density at radius 2 is 1.96 bits per heavy atom. The summed E-state index contributed by atoms with van der Waals surface area (Å²) >= 11 is 0. The number of aromatic nitrogens is 1. The lowest BCUT2D eigenvalue weighted by molar-refractivity contribution is -0.713. The Balaban J connectivity index is 1.57. The number of nitrogens with two attached hydrogens (primary N) is 1. The minimum Gasteiger partial charge on any atom is -0.360 e. The van der Waals surface area contributed by atoms with Crippen LogP contribution in [0.4, 0.5) is 0 Å². The lowest BCUT2D eigenvalue weighted by atomic mass is 9.87. The third-order valence-corrected chi connectivity index (χ3v) is 5.21. The molecule has 0 radical (unpaired) electrons. The number of hydrogen-bond acceptors (Lipinski definition) is 1. The molecule has 0 fully saturated rings. The van der Waals surface area contributed by atoms with Gasteiger partial charge in [-0.3, -0.25) is 4.79 Å². The highest BCUT2D eigenvalue weighted by Gasteiger charge is 2.28. The molecule has 4 rings (SSSR count). The summed E-state index contributed by atoms with van der Waals surface area (Å²) in [6.45, 7) is 2.03. The van der Waals surface area contributed by atoms with Crippen molar-refractivity contribution in [1.29, 1.82) is 0 Å². The molecule has 1 aromatic heterocycles. The Morgan fingerprint density at radius 1 is 1.17 bits per heavy atom. The number of benzene rings is 2. The number of nitrogens with one attached hydrogen (secondary N) is 1. The van der Waals surface area contributed by atoms with Crippen molar-refractivity contribution in [2.75, 3.05) is 0 Å². The first kappa shape index (κ1) is 15.2. The van der Waals surface area contributed by atoms with Crippen LogP contribution >= 0.6 is 0 Å². The van der Waals surface area contributed by atoms with Gasteiger partial charge < -0.3 is 10.3 Å². The van der Waals surface area contributed by atoms with Crippen molar-refractivity contribution in [2.45, 2.75) is 38.3 Å². The molecule has 0 spiro atoms. The second-order valence-corrected chi connectivity index (χ2v) is 6.79. The van der Waals surface area contributed by atoms with Crippen LogP contribution in [0.15, 0.2) is 54.7 Å². The first-order chi connectivity index (χ1) is 11.7. The average Bonchev–Trinajstić information content (AvgIpc) is 3.05. The fourth-order valence-corrected chi connectivity index (χ4v) is 3.95. The largest absolute Gasteiger partial charge is 0.360 e. The quantitative estimate of drug-likeness (QED) is 0.712. The van der Waals surface area contributed by atoms with E-state index in [4.69, 9.17) is 0 Å². The second kappa shape index (κ2) is 6.25. The SMILES string of the molecule is C[C@@H]([NH2+][C@H]1CCCc2ccccc21)C(=O)c1c[nH]c2ccccc12. The van der Waals surface area contributed by atoms with E-state index in [1.165, 1.54) is 17.5 Å². The van der Waals surface area contributed by atoms with Crippen LogP contribution in [-0.2, 0) is 6.42 Å². The zero-order chi connectivity index (χ0) is 16.5. The van der Waals surface area contributed by atoms with E-state index in [1.54, 1.807) is 0 Å². The molecule has 2 aromatic carbocycles. The van der Waals surface area contributed by atoms with Crippen molar-refractivity contribution in [3.8, 4) is 0 Å². The Morgan fingerprint density at radius 3 is 2.88 bits per heavy atom. The number of para-hydroxylation sites is 1. The fraction of sp³-hybridized carbons (Fsp3) is 0.286. The van der Waals surface area contributed by atoms with Crippen LogP contribution < -0.4 is 5.32 Å². The molecule has 0 bridgehead atoms. The number of aromatic amines is 1. The van der Waals surface area contributed by atoms with Gasteiger partial charge >= 0.3 is 0 Å². The Kier molecular flexibility index (Phi) is 3.95. The van der Waals surface area contributed by atoms with E-state index in [9.17, 15) is 4.79 Å². The van der Waals surface area contributed by atoms with Crippen molar-refractivity contribution >= 4 is 16.7 Å². The Labute approximate surface area is 142 Å². The van der Waals surface area contributed by atoms with Crippen molar-refractivity contribution < 1.29 is 10.1 Å². The third-order valence-electron chi connectivity index (χ3n) is 5.21. The number of hydrogen-bond donors (Lipinski definition) is 2. The number of carbonyl (C=O) groups excluding carboxylic acids is 1. The topological polar surface area (TPSA) is 49.5 Å². The third kappa shape index (κ3) is 2.65. The van der Waals surface area contributed by atoms with Gasteiger partial charge in [0.05, 0.1) is 0 Å². The minimum atomic E-state index is -0.0830. The van der Waals surface area contributed by atoms with Gasteiger partial charge in [-0.05, 0) is 31.4 Å². The van der Waals surface area contributed by atoms with Gasteiger partial charge in [0, 0.05) is 34.6 Å². The van der Waals surface area contributed by atoms with Crippen molar-refractivity contribution in [2.24, 2.45) is 0 Å². The number of quaternary nitrogens is 1. The average molecular weight is 319 g/mol. The number of carbonyl (C=O) groups is 1. The maximum atomic E-state index is 13.0. The molecular weight excluding hydrogens is 296 g/mol. The van der Waals surface area contributed by atoms with Crippen LogP contribution in [0.1, 0.15) is 47.3 Å². The summed E-state index contributed by atoms with van der Waals surface area (Å²) in [5.41, 5.74) is 4.67. The molecule has 3 nitrogen and oxygen atoms in total. The van der Waals surface area contributed by atoms with Crippen LogP contribution in [0.25, 0.3) is 10.9 Å². The van der Waals surface area contributed by atoms with E-state index < -0.39 is 0 Å². The molecular formula is C21H23N2O+. The minimum absolute atomic E-state index is 0.0830. The van der Waals surface area contributed by atoms with Gasteiger partial charge in [0.1, 0.15) is 12.1 Å². The van der Waals surface area contributed by atoms with Crippen LogP contribution in [0.2, 0.25) is 0 Å². The maximum Gasteiger partial charge on any atom is 0.221 e. The van der Waals surface area contributed by atoms with Crippen LogP contribution in [0, 0.1) is 0 Å². The van der Waals surface area contributed by atoms with Crippen molar-refractivity contribution in [3.63, 3.8) is 0 Å². The second-order valence-electron chi connectivity index (χ2n) is 6.79. The zero-order valence-corrected chi connectivity index (χ0v) is 14.0. The van der Waals surface area contributed by atoms with E-state index in [1.807, 2.05) is 37.4 Å². The monoisotopic (exact) mass is 319 g/mol. The van der Waals surface area contributed by atoms with Gasteiger partial charge in [-0.2, -0.15) is 0 Å². The molecule has 122 valence electrons. The molecule has 3 N–H and O–H groups in total. The van der Waals surface area contributed by atoms with Gasteiger partial charge in [0.15, 0.2) is 0 Å². The number of fused-ring (bicyclic) bond motifs is 2. The lowest BCUT2D eigenvalue weighted by Crippen LogP contribution is -2.92. The van der Waals surface area contributed by atoms with E-state index in [0.717, 1.165) is 29.3 Å². The molecule has 1 heterocycles. The predicted octanol–water partition coefficient (Wildman–Crippen LogP) is 3.38. The number of H-pyrrole nitrogens is 1. The van der Waals surface area contributed by atoms with Gasteiger partial charge in [0.2, 0.25) is 5.78 Å². The predicted molar refractivity (Wildman–Crippen MR) is 96.1 cm³/mol. The summed E-state index contributed by atoms with van der Waals surface area (Å²) in [6, 6.07) is 17.0. The summed E-state index contributed by atoms with van der Waals surface area (Å²) in [5.74, 6) is 0.204. The van der Waals surface area contributed by atoms with E-state index in [-0.39, 0.29) is 11.8 Å². The molecule has 0 amide bonds. The fourth-order valence-electron chi connectivity index (χ4n) is 3.95. The number of ketones is 1.